The van der Waals surface area contributed by atoms with Gasteiger partial charge in [-0.2, -0.15) is 0 Å². The van der Waals surface area contributed by atoms with Crippen LogP contribution in [-0.4, -0.2) is 83.1 Å². The summed E-state index contributed by atoms with van der Waals surface area (Å²) in [6.07, 6.45) is 0.363. The number of piperazine rings is 1. The zero-order valence-electron chi connectivity index (χ0n) is 17.4. The van der Waals surface area contributed by atoms with Crippen molar-refractivity contribution in [1.29, 1.82) is 0 Å². The second-order valence-corrected chi connectivity index (χ2v) is 9.42. The summed E-state index contributed by atoms with van der Waals surface area (Å²) in [7, 11) is 0. The fourth-order valence-electron chi connectivity index (χ4n) is 4.33. The molecule has 0 spiro atoms. The van der Waals surface area contributed by atoms with Crippen LogP contribution in [0.4, 0.5) is 0 Å². The molecule has 6 nitrogen and oxygen atoms in total. The van der Waals surface area contributed by atoms with E-state index in [1.54, 1.807) is 11.3 Å². The lowest BCUT2D eigenvalue weighted by molar-refractivity contribution is -0.147. The van der Waals surface area contributed by atoms with Gasteiger partial charge >= 0.3 is 0 Å². The van der Waals surface area contributed by atoms with E-state index in [0.29, 0.717) is 5.92 Å². The molecular weight excluding hydrogens is 360 g/mol. The lowest BCUT2D eigenvalue weighted by atomic mass is 9.98. The first-order valence-electron chi connectivity index (χ1n) is 10.1. The molecule has 7 heteroatoms. The quantitative estimate of drug-likeness (QED) is 0.767. The van der Waals surface area contributed by atoms with Gasteiger partial charge < -0.3 is 9.64 Å². The highest BCUT2D eigenvalue weighted by molar-refractivity contribution is 7.09. The number of hydrogen-bond donors (Lipinski definition) is 0. The van der Waals surface area contributed by atoms with Crippen molar-refractivity contribution in [3.63, 3.8) is 0 Å². The maximum Gasteiger partial charge on any atom is 0.240 e. The number of aromatic nitrogens is 1. The monoisotopic (exact) mass is 394 g/mol. The van der Waals surface area contributed by atoms with Crippen LogP contribution in [0.1, 0.15) is 38.4 Å². The molecule has 152 valence electrons. The number of thiazole rings is 1. The molecule has 3 heterocycles. The van der Waals surface area contributed by atoms with Crippen molar-refractivity contribution in [2.24, 2.45) is 5.92 Å². The normalized spacial score (nSPS) is 26.5. The zero-order chi connectivity index (χ0) is 19.6. The fourth-order valence-corrected chi connectivity index (χ4v) is 4.93. The van der Waals surface area contributed by atoms with Crippen LogP contribution in [0, 0.1) is 12.8 Å². The van der Waals surface area contributed by atoms with E-state index in [0.717, 1.165) is 56.5 Å². The largest absolute Gasteiger partial charge is 0.373 e. The summed E-state index contributed by atoms with van der Waals surface area (Å²) in [6.45, 7) is 16.6. The molecular formula is C20H34N4O2S. The van der Waals surface area contributed by atoms with Crippen LogP contribution in [0.15, 0.2) is 5.38 Å². The number of carbonyl (C=O) groups is 1. The van der Waals surface area contributed by atoms with Crippen LogP contribution in [0.5, 0.6) is 0 Å². The standard InChI is InChI=1S/C20H34N4O2S/c1-14(2)19(24-10-15(3)26-16(4)11-24)20(25)23-8-6-22(7-9-23)12-18-13-27-17(5)21-18/h13-16,19H,6-12H2,1-5H3. The lowest BCUT2D eigenvalue weighted by Gasteiger charge is -2.44. The van der Waals surface area contributed by atoms with Crippen molar-refractivity contribution in [1.82, 2.24) is 19.7 Å². The molecule has 0 aromatic carbocycles. The summed E-state index contributed by atoms with van der Waals surface area (Å²) in [4.78, 5) is 24.7. The van der Waals surface area contributed by atoms with E-state index in [2.05, 4.69) is 52.8 Å². The van der Waals surface area contributed by atoms with Gasteiger partial charge in [-0.3, -0.25) is 14.6 Å². The topological polar surface area (TPSA) is 48.9 Å². The van der Waals surface area contributed by atoms with Gasteiger partial charge in [0.25, 0.3) is 0 Å². The molecule has 0 radical (unpaired) electrons. The molecule has 2 aliphatic rings. The molecule has 3 rings (SSSR count). The van der Waals surface area contributed by atoms with Gasteiger partial charge in [0.15, 0.2) is 0 Å². The van der Waals surface area contributed by atoms with E-state index < -0.39 is 0 Å². The maximum absolute atomic E-state index is 13.3. The highest BCUT2D eigenvalue weighted by Crippen LogP contribution is 2.21. The van der Waals surface area contributed by atoms with Gasteiger partial charge in [-0.25, -0.2) is 4.98 Å². The Bertz CT molecular complexity index is 617. The third kappa shape index (κ3) is 5.28. The van der Waals surface area contributed by atoms with E-state index in [9.17, 15) is 4.79 Å². The Kier molecular flexibility index (Phi) is 6.89. The minimum absolute atomic E-state index is 0.0495. The molecule has 2 fully saturated rings. The summed E-state index contributed by atoms with van der Waals surface area (Å²) in [6, 6.07) is -0.0495. The number of rotatable bonds is 5. The molecule has 1 aromatic heterocycles. The van der Waals surface area contributed by atoms with E-state index in [1.165, 1.54) is 0 Å². The van der Waals surface area contributed by atoms with Crippen molar-refractivity contribution in [2.45, 2.75) is 59.4 Å². The lowest BCUT2D eigenvalue weighted by Crippen LogP contribution is -2.60. The van der Waals surface area contributed by atoms with E-state index in [4.69, 9.17) is 4.74 Å². The highest BCUT2D eigenvalue weighted by Gasteiger charge is 2.37. The van der Waals surface area contributed by atoms with Gasteiger partial charge in [-0.1, -0.05) is 13.8 Å². The van der Waals surface area contributed by atoms with Crippen LogP contribution in [0.2, 0.25) is 0 Å². The first-order valence-corrected chi connectivity index (χ1v) is 11.0. The third-order valence-electron chi connectivity index (χ3n) is 5.46. The van der Waals surface area contributed by atoms with Crippen molar-refractivity contribution >= 4 is 17.2 Å². The minimum atomic E-state index is -0.0495. The fraction of sp³-hybridized carbons (Fsp3) is 0.800. The molecule has 3 atom stereocenters. The number of carbonyl (C=O) groups excluding carboxylic acids is 1. The molecule has 2 saturated heterocycles. The van der Waals surface area contributed by atoms with Gasteiger partial charge in [0.2, 0.25) is 5.91 Å². The van der Waals surface area contributed by atoms with Crippen LogP contribution in [0.25, 0.3) is 0 Å². The maximum atomic E-state index is 13.3. The predicted octanol–water partition coefficient (Wildman–Crippen LogP) is 2.23. The van der Waals surface area contributed by atoms with Crippen molar-refractivity contribution in [3.05, 3.63) is 16.1 Å². The number of ether oxygens (including phenoxy) is 1. The molecule has 0 saturated carbocycles. The Balaban J connectivity index is 1.57. The molecule has 27 heavy (non-hydrogen) atoms. The molecule has 1 amide bonds. The molecule has 1 aromatic rings. The Hall–Kier alpha value is -1.02. The Morgan fingerprint density at radius 2 is 1.85 bits per heavy atom. The van der Waals surface area contributed by atoms with Gasteiger partial charge in [-0.15, -0.1) is 11.3 Å². The van der Waals surface area contributed by atoms with Gasteiger partial charge in [-0.05, 0) is 26.7 Å². The molecule has 3 unspecified atom stereocenters. The second-order valence-electron chi connectivity index (χ2n) is 8.36. The molecule has 0 N–H and O–H groups in total. The van der Waals surface area contributed by atoms with Gasteiger partial charge in [0, 0.05) is 51.2 Å². The first-order chi connectivity index (χ1) is 12.8. The zero-order valence-corrected chi connectivity index (χ0v) is 18.2. The van der Waals surface area contributed by atoms with Crippen LogP contribution in [-0.2, 0) is 16.1 Å². The summed E-state index contributed by atoms with van der Waals surface area (Å²) in [5.41, 5.74) is 1.15. The van der Waals surface area contributed by atoms with E-state index >= 15 is 0 Å². The minimum Gasteiger partial charge on any atom is -0.373 e. The highest BCUT2D eigenvalue weighted by atomic mass is 32.1. The number of morpholine rings is 1. The Labute approximate surface area is 167 Å². The first kappa shape index (κ1) is 20.7. The summed E-state index contributed by atoms with van der Waals surface area (Å²) < 4.78 is 5.87. The summed E-state index contributed by atoms with van der Waals surface area (Å²) in [5.74, 6) is 0.585. The van der Waals surface area contributed by atoms with Crippen molar-refractivity contribution in [3.8, 4) is 0 Å². The number of amides is 1. The van der Waals surface area contributed by atoms with Crippen LogP contribution in [0.3, 0.4) is 0 Å². The summed E-state index contributed by atoms with van der Waals surface area (Å²) in [5, 5.41) is 3.26. The Morgan fingerprint density at radius 1 is 1.22 bits per heavy atom. The van der Waals surface area contributed by atoms with Crippen LogP contribution < -0.4 is 0 Å². The molecule has 2 aliphatic heterocycles. The molecule has 0 aliphatic carbocycles. The van der Waals surface area contributed by atoms with Crippen molar-refractivity contribution < 1.29 is 9.53 Å². The third-order valence-corrected chi connectivity index (χ3v) is 6.28. The number of hydrogen-bond acceptors (Lipinski definition) is 6. The Morgan fingerprint density at radius 3 is 2.37 bits per heavy atom. The molecule has 0 bridgehead atoms. The van der Waals surface area contributed by atoms with E-state index in [1.807, 2.05) is 6.92 Å². The summed E-state index contributed by atoms with van der Waals surface area (Å²) >= 11 is 1.70. The number of aryl methyl sites for hydroxylation is 1. The number of nitrogens with zero attached hydrogens (tertiary/aromatic N) is 4. The van der Waals surface area contributed by atoms with Gasteiger partial charge in [0.1, 0.15) is 0 Å². The van der Waals surface area contributed by atoms with Crippen LogP contribution >= 0.6 is 11.3 Å². The van der Waals surface area contributed by atoms with Crippen molar-refractivity contribution in [2.75, 3.05) is 39.3 Å². The average molecular weight is 395 g/mol. The predicted molar refractivity (Wildman–Crippen MR) is 109 cm³/mol. The SMILES string of the molecule is Cc1nc(CN2CCN(C(=O)C(C(C)C)N3CC(C)OC(C)C3)CC2)cs1. The smallest absolute Gasteiger partial charge is 0.240 e. The van der Waals surface area contributed by atoms with Gasteiger partial charge in [0.05, 0.1) is 29.0 Å². The second kappa shape index (κ2) is 8.99. The van der Waals surface area contributed by atoms with E-state index in [-0.39, 0.29) is 24.2 Å². The average Bonchev–Trinajstić information content (AvgIpc) is 2.99.